The van der Waals surface area contributed by atoms with Gasteiger partial charge >= 0.3 is 0 Å². The molecular formula is C13H16N4O2. The van der Waals surface area contributed by atoms with Crippen LogP contribution in [-0.4, -0.2) is 34.6 Å². The van der Waals surface area contributed by atoms with Crippen molar-refractivity contribution in [1.82, 2.24) is 20.8 Å². The highest BCUT2D eigenvalue weighted by molar-refractivity contribution is 5.99. The topological polar surface area (TPSA) is 86.9 Å². The second kappa shape index (κ2) is 5.51. The van der Waals surface area contributed by atoms with Crippen molar-refractivity contribution in [3.05, 3.63) is 30.0 Å². The molecule has 0 aliphatic rings. The van der Waals surface area contributed by atoms with Crippen LogP contribution in [0.3, 0.4) is 0 Å². The van der Waals surface area contributed by atoms with Crippen LogP contribution in [0.15, 0.2) is 24.4 Å². The lowest BCUT2D eigenvalue weighted by molar-refractivity contribution is -0.122. The van der Waals surface area contributed by atoms with Gasteiger partial charge in [0.05, 0.1) is 11.7 Å². The van der Waals surface area contributed by atoms with Crippen LogP contribution in [0, 0.1) is 0 Å². The van der Waals surface area contributed by atoms with Crippen LogP contribution in [-0.2, 0) is 4.79 Å². The van der Waals surface area contributed by atoms with E-state index in [0.29, 0.717) is 12.1 Å². The Kier molecular flexibility index (Phi) is 3.79. The van der Waals surface area contributed by atoms with E-state index in [9.17, 15) is 9.59 Å². The van der Waals surface area contributed by atoms with Crippen molar-refractivity contribution in [2.24, 2.45) is 0 Å². The first-order valence-corrected chi connectivity index (χ1v) is 6.13. The van der Waals surface area contributed by atoms with E-state index in [4.69, 9.17) is 0 Å². The molecule has 2 rings (SSSR count). The van der Waals surface area contributed by atoms with Crippen LogP contribution in [0.2, 0.25) is 0 Å². The highest BCUT2D eigenvalue weighted by Crippen LogP contribution is 2.12. The maximum Gasteiger partial charge on any atom is 0.251 e. The summed E-state index contributed by atoms with van der Waals surface area (Å²) in [6, 6.07) is 4.66. The van der Waals surface area contributed by atoms with Gasteiger partial charge in [-0.1, -0.05) is 6.07 Å². The molecule has 6 heteroatoms. The van der Waals surface area contributed by atoms with Gasteiger partial charge in [-0.15, -0.1) is 0 Å². The Morgan fingerprint density at radius 1 is 1.42 bits per heavy atom. The summed E-state index contributed by atoms with van der Waals surface area (Å²) >= 11 is 0. The predicted molar refractivity (Wildman–Crippen MR) is 71.7 cm³/mol. The number of carbonyl (C=O) groups is 2. The van der Waals surface area contributed by atoms with Gasteiger partial charge in [-0.3, -0.25) is 14.7 Å². The molecule has 0 spiro atoms. The van der Waals surface area contributed by atoms with Crippen LogP contribution >= 0.6 is 0 Å². The number of H-pyrrole nitrogens is 1. The molecule has 0 saturated carbocycles. The molecule has 1 aromatic carbocycles. The fraction of sp³-hybridized carbons (Fsp3) is 0.308. The molecule has 2 aromatic rings. The van der Waals surface area contributed by atoms with Crippen molar-refractivity contribution >= 4 is 22.7 Å². The molecule has 6 nitrogen and oxygen atoms in total. The summed E-state index contributed by atoms with van der Waals surface area (Å²) in [6.07, 6.45) is 1.69. The average molecular weight is 260 g/mol. The van der Waals surface area contributed by atoms with Gasteiger partial charge < -0.3 is 10.6 Å². The van der Waals surface area contributed by atoms with Gasteiger partial charge in [0.25, 0.3) is 5.91 Å². The molecule has 100 valence electrons. The number of carbonyl (C=O) groups excluding carboxylic acids is 2. The molecule has 1 heterocycles. The third kappa shape index (κ3) is 2.90. The van der Waals surface area contributed by atoms with E-state index in [1.54, 1.807) is 25.3 Å². The van der Waals surface area contributed by atoms with Crippen molar-refractivity contribution in [2.75, 3.05) is 6.54 Å². The molecule has 1 unspecified atom stereocenters. The Morgan fingerprint density at radius 2 is 2.21 bits per heavy atom. The zero-order chi connectivity index (χ0) is 13.8. The van der Waals surface area contributed by atoms with Crippen molar-refractivity contribution in [3.63, 3.8) is 0 Å². The normalized spacial score (nSPS) is 12.1. The minimum absolute atomic E-state index is 0.196. The number of amides is 2. The number of hydrogen-bond acceptors (Lipinski definition) is 3. The third-order valence-corrected chi connectivity index (χ3v) is 2.80. The van der Waals surface area contributed by atoms with Gasteiger partial charge in [-0.05, 0) is 26.0 Å². The van der Waals surface area contributed by atoms with Crippen molar-refractivity contribution in [1.29, 1.82) is 0 Å². The van der Waals surface area contributed by atoms with Gasteiger partial charge in [-0.2, -0.15) is 5.10 Å². The minimum atomic E-state index is -0.565. The molecular weight excluding hydrogens is 244 g/mol. The lowest BCUT2D eigenvalue weighted by Gasteiger charge is -2.13. The first-order valence-electron chi connectivity index (χ1n) is 6.13. The monoisotopic (exact) mass is 260 g/mol. The summed E-state index contributed by atoms with van der Waals surface area (Å²) in [7, 11) is 0. The van der Waals surface area contributed by atoms with E-state index >= 15 is 0 Å². The summed E-state index contributed by atoms with van der Waals surface area (Å²) in [4.78, 5) is 23.5. The maximum atomic E-state index is 12.0. The van der Waals surface area contributed by atoms with Gasteiger partial charge in [0.15, 0.2) is 0 Å². The van der Waals surface area contributed by atoms with Crippen LogP contribution in [0.1, 0.15) is 24.2 Å². The van der Waals surface area contributed by atoms with Crippen LogP contribution in [0.5, 0.6) is 0 Å². The fourth-order valence-corrected chi connectivity index (χ4v) is 1.75. The smallest absolute Gasteiger partial charge is 0.251 e. The van der Waals surface area contributed by atoms with Crippen molar-refractivity contribution < 1.29 is 9.59 Å². The van der Waals surface area contributed by atoms with Crippen LogP contribution in [0.25, 0.3) is 10.9 Å². The number of nitrogens with zero attached hydrogens (tertiary/aromatic N) is 1. The number of hydrogen-bond donors (Lipinski definition) is 3. The Morgan fingerprint density at radius 3 is 2.95 bits per heavy atom. The van der Waals surface area contributed by atoms with E-state index in [1.165, 1.54) is 0 Å². The molecule has 1 aromatic heterocycles. The van der Waals surface area contributed by atoms with Gasteiger partial charge in [0.1, 0.15) is 6.04 Å². The third-order valence-electron chi connectivity index (χ3n) is 2.80. The number of benzene rings is 1. The Balaban J connectivity index is 2.08. The second-order valence-electron chi connectivity index (χ2n) is 4.26. The van der Waals surface area contributed by atoms with Gasteiger partial charge in [0.2, 0.25) is 5.91 Å². The van der Waals surface area contributed by atoms with Gasteiger partial charge in [0, 0.05) is 17.5 Å². The molecule has 19 heavy (non-hydrogen) atoms. The Hall–Kier alpha value is -2.37. The molecule has 2 amide bonds. The highest BCUT2D eigenvalue weighted by atomic mass is 16.2. The molecule has 0 bridgehead atoms. The first kappa shape index (κ1) is 13.1. The molecule has 0 fully saturated rings. The Bertz CT molecular complexity index is 605. The summed E-state index contributed by atoms with van der Waals surface area (Å²) < 4.78 is 0. The zero-order valence-corrected chi connectivity index (χ0v) is 10.9. The quantitative estimate of drug-likeness (QED) is 0.760. The lowest BCUT2D eigenvalue weighted by atomic mass is 10.1. The number of nitrogens with one attached hydrogen (secondary N) is 3. The molecule has 0 aliphatic carbocycles. The molecule has 0 aliphatic heterocycles. The van der Waals surface area contributed by atoms with E-state index < -0.39 is 6.04 Å². The van der Waals surface area contributed by atoms with Crippen LogP contribution in [0.4, 0.5) is 0 Å². The number of aromatic nitrogens is 2. The molecule has 3 N–H and O–H groups in total. The van der Waals surface area contributed by atoms with Gasteiger partial charge in [-0.25, -0.2) is 0 Å². The summed E-state index contributed by atoms with van der Waals surface area (Å²) in [5.41, 5.74) is 1.28. The SMILES string of the molecule is CCNC(=O)C(C)NC(=O)c1ccc2cn[nH]c2c1. The van der Waals surface area contributed by atoms with E-state index in [2.05, 4.69) is 20.8 Å². The number of rotatable bonds is 4. The minimum Gasteiger partial charge on any atom is -0.355 e. The van der Waals surface area contributed by atoms with Crippen molar-refractivity contribution in [2.45, 2.75) is 19.9 Å². The van der Waals surface area contributed by atoms with Crippen LogP contribution < -0.4 is 10.6 Å². The Labute approximate surface area is 110 Å². The molecule has 0 saturated heterocycles. The molecule has 1 atom stereocenters. The number of aromatic amines is 1. The predicted octanol–water partition coefficient (Wildman–Crippen LogP) is 0.817. The lowest BCUT2D eigenvalue weighted by Crippen LogP contribution is -2.44. The number of fused-ring (bicyclic) bond motifs is 1. The number of likely N-dealkylation sites (N-methyl/N-ethyl adjacent to an activating group) is 1. The molecule has 0 radical (unpaired) electrons. The van der Waals surface area contributed by atoms with Crippen molar-refractivity contribution in [3.8, 4) is 0 Å². The fourth-order valence-electron chi connectivity index (χ4n) is 1.75. The van der Waals surface area contributed by atoms with E-state index in [1.807, 2.05) is 13.0 Å². The second-order valence-corrected chi connectivity index (χ2v) is 4.26. The summed E-state index contributed by atoms with van der Waals surface area (Å²) in [6.45, 7) is 4.02. The van der Waals surface area contributed by atoms with E-state index in [0.717, 1.165) is 10.9 Å². The summed E-state index contributed by atoms with van der Waals surface area (Å²) in [5, 5.41) is 12.9. The summed E-state index contributed by atoms with van der Waals surface area (Å²) in [5.74, 6) is -0.478. The zero-order valence-electron chi connectivity index (χ0n) is 10.9. The highest BCUT2D eigenvalue weighted by Gasteiger charge is 2.16. The maximum absolute atomic E-state index is 12.0. The average Bonchev–Trinajstić information content (AvgIpc) is 2.85. The van der Waals surface area contributed by atoms with E-state index in [-0.39, 0.29) is 11.8 Å². The first-order chi connectivity index (χ1) is 9.11. The largest absolute Gasteiger partial charge is 0.355 e. The standard InChI is InChI=1S/C13H16N4O2/c1-3-14-12(18)8(2)16-13(19)9-4-5-10-7-15-17-11(10)6-9/h4-8H,3H2,1-2H3,(H,14,18)(H,15,17)(H,16,19).